The third kappa shape index (κ3) is 2.10. The number of anilines is 2. The maximum Gasteiger partial charge on any atom is 0.149 e. The molecule has 0 unspecified atom stereocenters. The molecular weight excluding hydrogens is 200 g/mol. The van der Waals surface area contributed by atoms with E-state index in [-0.39, 0.29) is 5.54 Å². The van der Waals surface area contributed by atoms with Crippen LogP contribution in [0.3, 0.4) is 0 Å². The van der Waals surface area contributed by atoms with Crippen LogP contribution < -0.4 is 10.2 Å². The molecule has 1 fully saturated rings. The van der Waals surface area contributed by atoms with Gasteiger partial charge in [0.2, 0.25) is 0 Å². The lowest BCUT2D eigenvalue weighted by Crippen LogP contribution is -2.38. The largest absolute Gasteiger partial charge is 0.369 e. The Bertz CT molecular complexity index is 362. The Kier molecular flexibility index (Phi) is 2.99. The fourth-order valence-corrected chi connectivity index (χ4v) is 2.28. The number of hydrogen-bond donors (Lipinski definition) is 1. The molecule has 0 saturated carbocycles. The van der Waals surface area contributed by atoms with Crippen molar-refractivity contribution in [3.05, 3.63) is 12.4 Å². The highest BCUT2D eigenvalue weighted by Gasteiger charge is 2.32. The second-order valence-electron chi connectivity index (χ2n) is 4.86. The van der Waals surface area contributed by atoms with Gasteiger partial charge >= 0.3 is 0 Å². The fourth-order valence-electron chi connectivity index (χ4n) is 2.28. The molecular formula is C12H20N4. The first-order valence-electron chi connectivity index (χ1n) is 5.97. The minimum atomic E-state index is 0.208. The average molecular weight is 220 g/mol. The van der Waals surface area contributed by atoms with Crippen LogP contribution >= 0.6 is 0 Å². The van der Waals surface area contributed by atoms with Gasteiger partial charge in [0.1, 0.15) is 11.6 Å². The topological polar surface area (TPSA) is 41.1 Å². The minimum absolute atomic E-state index is 0.208. The van der Waals surface area contributed by atoms with Gasteiger partial charge in [-0.2, -0.15) is 0 Å². The zero-order valence-corrected chi connectivity index (χ0v) is 10.3. The van der Waals surface area contributed by atoms with Gasteiger partial charge in [0.25, 0.3) is 0 Å². The van der Waals surface area contributed by atoms with Crippen molar-refractivity contribution >= 4 is 11.6 Å². The lowest BCUT2D eigenvalue weighted by atomic mass is 10.0. The fraction of sp³-hybridized carbons (Fsp3) is 0.667. The van der Waals surface area contributed by atoms with Crippen molar-refractivity contribution in [2.75, 3.05) is 23.3 Å². The molecule has 1 aromatic heterocycles. The van der Waals surface area contributed by atoms with Gasteiger partial charge in [-0.15, -0.1) is 0 Å². The summed E-state index contributed by atoms with van der Waals surface area (Å²) in [6.07, 6.45) is 6.09. The zero-order chi connectivity index (χ0) is 11.6. The van der Waals surface area contributed by atoms with Crippen LogP contribution in [-0.4, -0.2) is 28.6 Å². The van der Waals surface area contributed by atoms with Gasteiger partial charge in [-0.25, -0.2) is 4.98 Å². The summed E-state index contributed by atoms with van der Waals surface area (Å²) in [5, 5.41) is 3.20. The van der Waals surface area contributed by atoms with Crippen LogP contribution in [0.2, 0.25) is 0 Å². The van der Waals surface area contributed by atoms with Crippen LogP contribution in [0.5, 0.6) is 0 Å². The Balaban J connectivity index is 2.23. The van der Waals surface area contributed by atoms with E-state index in [2.05, 4.69) is 41.0 Å². The lowest BCUT2D eigenvalue weighted by Gasteiger charge is -2.32. The lowest BCUT2D eigenvalue weighted by molar-refractivity contribution is 0.514. The van der Waals surface area contributed by atoms with Crippen molar-refractivity contribution in [1.29, 1.82) is 0 Å². The Labute approximate surface area is 97.1 Å². The van der Waals surface area contributed by atoms with Gasteiger partial charge in [0.05, 0.1) is 12.4 Å². The normalized spacial score (nSPS) is 18.8. The van der Waals surface area contributed by atoms with Gasteiger partial charge in [0.15, 0.2) is 0 Å². The number of nitrogens with one attached hydrogen (secondary N) is 1. The first kappa shape index (κ1) is 11.2. The molecule has 2 heterocycles. The summed E-state index contributed by atoms with van der Waals surface area (Å²) in [6, 6.07) is 0. The van der Waals surface area contributed by atoms with Crippen molar-refractivity contribution in [3.8, 4) is 0 Å². The molecule has 1 N–H and O–H groups in total. The predicted molar refractivity (Wildman–Crippen MR) is 66.9 cm³/mol. The molecule has 1 aromatic rings. The maximum atomic E-state index is 4.59. The SMILES string of the molecule is CCNc1cncc(N2CCCC2(C)C)n1. The van der Waals surface area contributed by atoms with E-state index in [1.807, 2.05) is 6.20 Å². The third-order valence-corrected chi connectivity index (χ3v) is 3.16. The molecule has 0 atom stereocenters. The van der Waals surface area contributed by atoms with Crippen LogP contribution in [0.4, 0.5) is 11.6 Å². The van der Waals surface area contributed by atoms with Gasteiger partial charge in [-0.3, -0.25) is 4.98 Å². The Morgan fingerprint density at radius 3 is 2.88 bits per heavy atom. The summed E-state index contributed by atoms with van der Waals surface area (Å²) >= 11 is 0. The molecule has 16 heavy (non-hydrogen) atoms. The molecule has 88 valence electrons. The summed E-state index contributed by atoms with van der Waals surface area (Å²) in [5.74, 6) is 1.85. The second kappa shape index (κ2) is 4.28. The van der Waals surface area contributed by atoms with Crippen molar-refractivity contribution < 1.29 is 0 Å². The predicted octanol–water partition coefficient (Wildman–Crippen LogP) is 2.29. The van der Waals surface area contributed by atoms with Crippen molar-refractivity contribution in [3.63, 3.8) is 0 Å². The first-order chi connectivity index (χ1) is 7.63. The number of nitrogens with zero attached hydrogens (tertiary/aromatic N) is 3. The van der Waals surface area contributed by atoms with Crippen molar-refractivity contribution in [2.24, 2.45) is 0 Å². The second-order valence-corrected chi connectivity index (χ2v) is 4.86. The molecule has 0 spiro atoms. The van der Waals surface area contributed by atoms with Crippen molar-refractivity contribution in [2.45, 2.75) is 39.2 Å². The Morgan fingerprint density at radius 1 is 1.44 bits per heavy atom. The molecule has 4 nitrogen and oxygen atoms in total. The quantitative estimate of drug-likeness (QED) is 0.848. The van der Waals surface area contributed by atoms with E-state index in [0.717, 1.165) is 24.7 Å². The van der Waals surface area contributed by atoms with Gasteiger partial charge < -0.3 is 10.2 Å². The molecule has 4 heteroatoms. The summed E-state index contributed by atoms with van der Waals surface area (Å²) in [6.45, 7) is 8.55. The molecule has 1 saturated heterocycles. The standard InChI is InChI=1S/C12H20N4/c1-4-14-10-8-13-9-11(15-10)16-7-5-6-12(16,2)3/h8-9H,4-7H2,1-3H3,(H,14,15). The van der Waals surface area contributed by atoms with E-state index in [1.165, 1.54) is 12.8 Å². The minimum Gasteiger partial charge on any atom is -0.369 e. The van der Waals surface area contributed by atoms with Crippen LogP contribution in [0, 0.1) is 0 Å². The summed E-state index contributed by atoms with van der Waals surface area (Å²) < 4.78 is 0. The smallest absolute Gasteiger partial charge is 0.149 e. The Morgan fingerprint density at radius 2 is 2.25 bits per heavy atom. The molecule has 1 aliphatic heterocycles. The van der Waals surface area contributed by atoms with Gasteiger partial charge in [-0.1, -0.05) is 0 Å². The number of rotatable bonds is 3. The molecule has 2 rings (SSSR count). The summed E-state index contributed by atoms with van der Waals surface area (Å²) in [5.41, 5.74) is 0.208. The maximum absolute atomic E-state index is 4.59. The van der Waals surface area contributed by atoms with Gasteiger partial charge in [-0.05, 0) is 33.6 Å². The highest BCUT2D eigenvalue weighted by atomic mass is 15.3. The molecule has 0 aliphatic carbocycles. The molecule has 0 amide bonds. The monoisotopic (exact) mass is 220 g/mol. The Hall–Kier alpha value is -1.32. The number of hydrogen-bond acceptors (Lipinski definition) is 4. The summed E-state index contributed by atoms with van der Waals surface area (Å²) in [7, 11) is 0. The van der Waals surface area contributed by atoms with Crippen LogP contribution in [0.1, 0.15) is 33.6 Å². The van der Waals surface area contributed by atoms with E-state index in [9.17, 15) is 0 Å². The highest BCUT2D eigenvalue weighted by Crippen LogP contribution is 2.32. The number of aromatic nitrogens is 2. The van der Waals surface area contributed by atoms with E-state index >= 15 is 0 Å². The first-order valence-corrected chi connectivity index (χ1v) is 5.97. The van der Waals surface area contributed by atoms with E-state index in [4.69, 9.17) is 0 Å². The zero-order valence-electron chi connectivity index (χ0n) is 10.3. The van der Waals surface area contributed by atoms with E-state index < -0.39 is 0 Å². The van der Waals surface area contributed by atoms with Crippen LogP contribution in [-0.2, 0) is 0 Å². The molecule has 1 aliphatic rings. The van der Waals surface area contributed by atoms with Crippen LogP contribution in [0.15, 0.2) is 12.4 Å². The highest BCUT2D eigenvalue weighted by molar-refractivity contribution is 5.46. The molecule has 0 aromatic carbocycles. The van der Waals surface area contributed by atoms with E-state index in [0.29, 0.717) is 0 Å². The van der Waals surface area contributed by atoms with Gasteiger partial charge in [0, 0.05) is 18.6 Å². The average Bonchev–Trinajstić information content (AvgIpc) is 2.59. The van der Waals surface area contributed by atoms with E-state index in [1.54, 1.807) is 6.20 Å². The molecule has 0 radical (unpaired) electrons. The van der Waals surface area contributed by atoms with Crippen molar-refractivity contribution in [1.82, 2.24) is 9.97 Å². The summed E-state index contributed by atoms with van der Waals surface area (Å²) in [4.78, 5) is 11.2. The molecule has 0 bridgehead atoms. The third-order valence-electron chi connectivity index (χ3n) is 3.16. The van der Waals surface area contributed by atoms with Crippen LogP contribution in [0.25, 0.3) is 0 Å².